The lowest BCUT2D eigenvalue weighted by molar-refractivity contribution is -0.139. The van der Waals surface area contributed by atoms with Gasteiger partial charge in [-0.2, -0.15) is 0 Å². The van der Waals surface area contributed by atoms with E-state index in [0.29, 0.717) is 18.2 Å². The summed E-state index contributed by atoms with van der Waals surface area (Å²) in [5, 5.41) is 11.3. The Morgan fingerprint density at radius 2 is 2.62 bits per heavy atom. The molecule has 0 saturated carbocycles. The van der Waals surface area contributed by atoms with Crippen molar-refractivity contribution in [3.63, 3.8) is 0 Å². The Balaban J connectivity index is 2.39. The van der Waals surface area contributed by atoms with E-state index in [1.54, 1.807) is 13.1 Å². The van der Waals surface area contributed by atoms with E-state index in [1.807, 2.05) is 0 Å². The van der Waals surface area contributed by atoms with Crippen molar-refractivity contribution in [2.75, 3.05) is 5.73 Å². The van der Waals surface area contributed by atoms with Crippen molar-refractivity contribution in [1.29, 1.82) is 0 Å². The van der Waals surface area contributed by atoms with Gasteiger partial charge in [-0.05, 0) is 6.92 Å². The number of nitrogens with two attached hydrogens (primary N) is 1. The topological polar surface area (TPSA) is 104 Å². The number of anilines is 1. The van der Waals surface area contributed by atoms with Gasteiger partial charge in [0.05, 0.1) is 5.69 Å². The number of hydrogen-bond donors (Lipinski definition) is 4. The van der Waals surface area contributed by atoms with Crippen LogP contribution in [0.3, 0.4) is 0 Å². The van der Waals surface area contributed by atoms with Gasteiger partial charge in [0.25, 0.3) is 0 Å². The average molecular weight is 184 g/mol. The molecular formula is C7H12N4O2. The average Bonchev–Trinajstić information content (AvgIpc) is 2.47. The quantitative estimate of drug-likeness (QED) is 0.507. The highest BCUT2D eigenvalue weighted by Gasteiger charge is 2.09. The molecule has 13 heavy (non-hydrogen) atoms. The third kappa shape index (κ3) is 2.75. The predicted molar refractivity (Wildman–Crippen MR) is 46.9 cm³/mol. The van der Waals surface area contributed by atoms with Crippen LogP contribution in [-0.4, -0.2) is 27.1 Å². The number of carboxylic acid groups (broad SMARTS) is 1. The number of nitrogens with zero attached hydrogens (tertiary/aromatic N) is 1. The van der Waals surface area contributed by atoms with E-state index in [1.165, 1.54) is 0 Å². The largest absolute Gasteiger partial charge is 0.480 e. The molecule has 0 saturated heterocycles. The zero-order valence-corrected chi connectivity index (χ0v) is 7.24. The van der Waals surface area contributed by atoms with E-state index in [9.17, 15) is 4.79 Å². The molecule has 0 aliphatic carbocycles. The Hall–Kier alpha value is -1.56. The van der Waals surface area contributed by atoms with Crippen LogP contribution in [0.4, 0.5) is 5.95 Å². The maximum atomic E-state index is 10.4. The molecule has 1 aromatic rings. The molecular weight excluding hydrogens is 172 g/mol. The molecule has 6 nitrogen and oxygen atoms in total. The fourth-order valence-corrected chi connectivity index (χ4v) is 0.812. The molecule has 1 aromatic heterocycles. The number of hydrogen-bond acceptors (Lipinski definition) is 4. The Labute approximate surface area is 75.2 Å². The highest BCUT2D eigenvalue weighted by atomic mass is 16.4. The zero-order chi connectivity index (χ0) is 9.84. The lowest BCUT2D eigenvalue weighted by Crippen LogP contribution is -2.33. The van der Waals surface area contributed by atoms with Crippen LogP contribution < -0.4 is 11.1 Å². The van der Waals surface area contributed by atoms with Gasteiger partial charge in [0.2, 0.25) is 0 Å². The second kappa shape index (κ2) is 3.90. The van der Waals surface area contributed by atoms with Crippen LogP contribution in [0.5, 0.6) is 0 Å². The van der Waals surface area contributed by atoms with Crippen molar-refractivity contribution in [3.05, 3.63) is 11.9 Å². The molecule has 1 heterocycles. The smallest absolute Gasteiger partial charge is 0.320 e. The van der Waals surface area contributed by atoms with Crippen LogP contribution >= 0.6 is 0 Å². The molecule has 0 amide bonds. The van der Waals surface area contributed by atoms with Crippen LogP contribution in [0.2, 0.25) is 0 Å². The van der Waals surface area contributed by atoms with Crippen molar-refractivity contribution < 1.29 is 9.90 Å². The van der Waals surface area contributed by atoms with Gasteiger partial charge in [-0.25, -0.2) is 4.98 Å². The minimum Gasteiger partial charge on any atom is -0.480 e. The van der Waals surface area contributed by atoms with Gasteiger partial charge in [0.1, 0.15) is 6.04 Å². The molecule has 0 spiro atoms. The summed E-state index contributed by atoms with van der Waals surface area (Å²) >= 11 is 0. The first-order chi connectivity index (χ1) is 6.09. The number of nitrogen functional groups attached to an aromatic ring is 1. The molecule has 0 aromatic carbocycles. The second-order valence-corrected chi connectivity index (χ2v) is 2.72. The number of imidazole rings is 1. The Morgan fingerprint density at radius 3 is 3.08 bits per heavy atom. The Morgan fingerprint density at radius 1 is 1.92 bits per heavy atom. The number of carboxylic acids is 1. The van der Waals surface area contributed by atoms with E-state index >= 15 is 0 Å². The number of aliphatic carboxylic acids is 1. The number of carbonyl (C=O) groups is 1. The van der Waals surface area contributed by atoms with E-state index in [-0.39, 0.29) is 0 Å². The van der Waals surface area contributed by atoms with Crippen LogP contribution in [0, 0.1) is 0 Å². The van der Waals surface area contributed by atoms with Crippen molar-refractivity contribution >= 4 is 11.9 Å². The zero-order valence-electron chi connectivity index (χ0n) is 7.24. The van der Waals surface area contributed by atoms with Crippen LogP contribution in [0.1, 0.15) is 12.6 Å². The molecule has 1 rings (SSSR count). The first kappa shape index (κ1) is 9.53. The van der Waals surface area contributed by atoms with Crippen molar-refractivity contribution in [2.45, 2.75) is 19.5 Å². The van der Waals surface area contributed by atoms with Gasteiger partial charge in [0, 0.05) is 12.7 Å². The standard InChI is InChI=1S/C7H12N4O2/c1-4(6(12)13)9-2-5-3-10-7(8)11-5/h3-4,9H,2H2,1H3,(H,12,13)(H3,8,10,11)/t4-/m0/s1. The summed E-state index contributed by atoms with van der Waals surface area (Å²) in [6.45, 7) is 1.96. The summed E-state index contributed by atoms with van der Waals surface area (Å²) in [5.41, 5.74) is 6.03. The molecule has 0 radical (unpaired) electrons. The predicted octanol–water partition coefficient (Wildman–Crippen LogP) is -0.445. The molecule has 6 heteroatoms. The van der Waals surface area contributed by atoms with Gasteiger partial charge < -0.3 is 15.8 Å². The lowest BCUT2D eigenvalue weighted by Gasteiger charge is -2.06. The molecule has 0 bridgehead atoms. The number of rotatable bonds is 4. The third-order valence-electron chi connectivity index (χ3n) is 1.61. The maximum absolute atomic E-state index is 10.4. The van der Waals surface area contributed by atoms with E-state index in [4.69, 9.17) is 10.8 Å². The van der Waals surface area contributed by atoms with Crippen molar-refractivity contribution in [2.24, 2.45) is 0 Å². The van der Waals surface area contributed by atoms with Gasteiger partial charge in [-0.3, -0.25) is 10.1 Å². The maximum Gasteiger partial charge on any atom is 0.320 e. The molecule has 1 atom stereocenters. The first-order valence-electron chi connectivity index (χ1n) is 3.85. The van der Waals surface area contributed by atoms with E-state index in [2.05, 4.69) is 15.3 Å². The van der Waals surface area contributed by atoms with Crippen LogP contribution in [0.15, 0.2) is 6.20 Å². The summed E-state index contributed by atoms with van der Waals surface area (Å²) in [4.78, 5) is 17.0. The highest BCUT2D eigenvalue weighted by Crippen LogP contribution is 1.97. The molecule has 0 aliphatic rings. The normalized spacial score (nSPS) is 12.7. The summed E-state index contributed by atoms with van der Waals surface area (Å²) in [7, 11) is 0. The van der Waals surface area contributed by atoms with Gasteiger partial charge in [0.15, 0.2) is 5.95 Å². The summed E-state index contributed by atoms with van der Waals surface area (Å²) < 4.78 is 0. The molecule has 5 N–H and O–H groups in total. The number of aromatic amines is 1. The highest BCUT2D eigenvalue weighted by molar-refractivity contribution is 5.72. The lowest BCUT2D eigenvalue weighted by atomic mass is 10.3. The van der Waals surface area contributed by atoms with Crippen LogP contribution in [0.25, 0.3) is 0 Å². The third-order valence-corrected chi connectivity index (χ3v) is 1.61. The second-order valence-electron chi connectivity index (χ2n) is 2.72. The van der Waals surface area contributed by atoms with Crippen molar-refractivity contribution in [3.8, 4) is 0 Å². The molecule has 0 aliphatic heterocycles. The van der Waals surface area contributed by atoms with Crippen molar-refractivity contribution in [1.82, 2.24) is 15.3 Å². The van der Waals surface area contributed by atoms with Gasteiger partial charge in [-0.15, -0.1) is 0 Å². The Kier molecular flexibility index (Phi) is 2.86. The summed E-state index contributed by atoms with van der Waals surface area (Å²) in [5.74, 6) is -0.553. The summed E-state index contributed by atoms with van der Waals surface area (Å²) in [6, 6.07) is -0.585. The Bertz CT molecular complexity index is 296. The minimum absolute atomic E-state index is 0.333. The van der Waals surface area contributed by atoms with E-state index in [0.717, 1.165) is 0 Å². The van der Waals surface area contributed by atoms with E-state index < -0.39 is 12.0 Å². The number of aromatic nitrogens is 2. The van der Waals surface area contributed by atoms with Crippen LogP contribution in [-0.2, 0) is 11.3 Å². The molecule has 0 unspecified atom stereocenters. The first-order valence-corrected chi connectivity index (χ1v) is 3.85. The number of nitrogens with one attached hydrogen (secondary N) is 2. The minimum atomic E-state index is -0.886. The SMILES string of the molecule is C[C@H](NCc1c[nH]c(N)n1)C(=O)O. The monoisotopic (exact) mass is 184 g/mol. The van der Waals surface area contributed by atoms with Gasteiger partial charge >= 0.3 is 5.97 Å². The molecule has 0 fully saturated rings. The summed E-state index contributed by atoms with van der Waals surface area (Å²) in [6.07, 6.45) is 1.64. The fraction of sp³-hybridized carbons (Fsp3) is 0.429. The van der Waals surface area contributed by atoms with Gasteiger partial charge in [-0.1, -0.05) is 0 Å². The molecule has 72 valence electrons. The fourth-order valence-electron chi connectivity index (χ4n) is 0.812. The number of H-pyrrole nitrogens is 1.